The van der Waals surface area contributed by atoms with Crippen molar-refractivity contribution in [3.05, 3.63) is 47.7 Å². The van der Waals surface area contributed by atoms with Crippen LogP contribution in [0.3, 0.4) is 0 Å². The summed E-state index contributed by atoms with van der Waals surface area (Å²) in [6.45, 7) is 4.03. The lowest BCUT2D eigenvalue weighted by molar-refractivity contribution is 0.171. The molecule has 0 radical (unpaired) electrons. The highest BCUT2D eigenvalue weighted by Crippen LogP contribution is 2.35. The molecular formula is C25H31N3O4S. The minimum Gasteiger partial charge on any atom is -0.486 e. The molecule has 2 aliphatic rings. The molecule has 176 valence electrons. The zero-order valence-corrected chi connectivity index (χ0v) is 20.1. The third-order valence-corrected chi connectivity index (χ3v) is 7.58. The van der Waals surface area contributed by atoms with E-state index in [1.807, 2.05) is 18.2 Å². The van der Waals surface area contributed by atoms with E-state index in [0.29, 0.717) is 13.2 Å². The number of rotatable bonds is 7. The van der Waals surface area contributed by atoms with Gasteiger partial charge < -0.3 is 19.4 Å². The van der Waals surface area contributed by atoms with E-state index in [1.54, 1.807) is 0 Å². The van der Waals surface area contributed by atoms with Crippen molar-refractivity contribution in [2.45, 2.75) is 25.8 Å². The average Bonchev–Trinajstić information content (AvgIpc) is 3.07. The number of unbranched alkanes of at least 4 members (excludes halogenated alkanes) is 1. The summed E-state index contributed by atoms with van der Waals surface area (Å²) in [4.78, 5) is 2.45. The highest BCUT2D eigenvalue weighted by atomic mass is 32.2. The van der Waals surface area contributed by atoms with Crippen molar-refractivity contribution in [1.82, 2.24) is 9.47 Å². The van der Waals surface area contributed by atoms with Crippen LogP contribution in [0, 0.1) is 0 Å². The Labute approximate surface area is 195 Å². The predicted octanol–water partition coefficient (Wildman–Crippen LogP) is 3.88. The molecule has 3 heterocycles. The molecule has 1 N–H and O–H groups in total. The van der Waals surface area contributed by atoms with Crippen molar-refractivity contribution in [3.63, 3.8) is 0 Å². The van der Waals surface area contributed by atoms with E-state index in [2.05, 4.69) is 40.0 Å². The summed E-state index contributed by atoms with van der Waals surface area (Å²) >= 11 is 0. The maximum absolute atomic E-state index is 11.4. The number of hydrogen-bond donors (Lipinski definition) is 1. The van der Waals surface area contributed by atoms with Gasteiger partial charge in [0.15, 0.2) is 11.5 Å². The highest BCUT2D eigenvalue weighted by molar-refractivity contribution is 7.90. The molecule has 0 fully saturated rings. The quantitative estimate of drug-likeness (QED) is 0.530. The molecule has 0 amide bonds. The number of aromatic nitrogens is 1. The zero-order valence-electron chi connectivity index (χ0n) is 19.3. The highest BCUT2D eigenvalue weighted by Gasteiger charge is 2.23. The molecule has 0 aliphatic carbocycles. The lowest BCUT2D eigenvalue weighted by atomic mass is 10.0. The molecule has 3 aromatic rings. The van der Waals surface area contributed by atoms with Gasteiger partial charge in [-0.2, -0.15) is 0 Å². The number of hydrogen-bond acceptors (Lipinski definition) is 6. The van der Waals surface area contributed by atoms with Gasteiger partial charge in [0.1, 0.15) is 23.1 Å². The van der Waals surface area contributed by atoms with Crippen LogP contribution < -0.4 is 14.8 Å². The Morgan fingerprint density at radius 3 is 2.58 bits per heavy atom. The Kier molecular flexibility index (Phi) is 5.97. The largest absolute Gasteiger partial charge is 0.486 e. The Hall–Kier alpha value is -2.71. The molecule has 2 aliphatic heterocycles. The van der Waals surface area contributed by atoms with Gasteiger partial charge in [0.25, 0.3) is 0 Å². The molecule has 0 saturated heterocycles. The first-order valence-electron chi connectivity index (χ1n) is 11.5. The van der Waals surface area contributed by atoms with E-state index in [0.717, 1.165) is 61.8 Å². The fourth-order valence-corrected chi connectivity index (χ4v) is 5.61. The SMILES string of the molecule is Cn1c2c(c3ccc(Nc4ccc5c(c4)OCCO5)cc31)CN(CCCCS(C)(=O)=O)CC2. The molecule has 0 bridgehead atoms. The molecule has 7 nitrogen and oxygen atoms in total. The van der Waals surface area contributed by atoms with E-state index < -0.39 is 9.84 Å². The summed E-state index contributed by atoms with van der Waals surface area (Å²) in [5.41, 5.74) is 6.02. The monoisotopic (exact) mass is 469 g/mol. The predicted molar refractivity (Wildman–Crippen MR) is 132 cm³/mol. The van der Waals surface area contributed by atoms with Crippen LogP contribution in [0.1, 0.15) is 24.1 Å². The number of anilines is 2. The Morgan fingerprint density at radius 1 is 1.00 bits per heavy atom. The molecule has 0 spiro atoms. The van der Waals surface area contributed by atoms with Crippen molar-refractivity contribution >= 4 is 32.1 Å². The molecule has 5 rings (SSSR count). The minimum absolute atomic E-state index is 0.277. The molecule has 1 aromatic heterocycles. The number of aryl methyl sites for hydroxylation is 1. The lowest BCUT2D eigenvalue weighted by Gasteiger charge is -2.27. The van der Waals surface area contributed by atoms with Crippen LogP contribution in [-0.4, -0.2) is 56.2 Å². The third-order valence-electron chi connectivity index (χ3n) is 6.55. The fraction of sp³-hybridized carbons (Fsp3) is 0.440. The number of benzene rings is 2. The average molecular weight is 470 g/mol. The second-order valence-electron chi connectivity index (χ2n) is 9.06. The van der Waals surface area contributed by atoms with E-state index in [1.165, 1.54) is 28.4 Å². The van der Waals surface area contributed by atoms with Gasteiger partial charge in [-0.25, -0.2) is 8.42 Å². The van der Waals surface area contributed by atoms with Gasteiger partial charge in [-0.05, 0) is 49.2 Å². The first-order valence-corrected chi connectivity index (χ1v) is 13.6. The van der Waals surface area contributed by atoms with Gasteiger partial charge in [-0.3, -0.25) is 4.90 Å². The van der Waals surface area contributed by atoms with Crippen LogP contribution in [0.25, 0.3) is 10.9 Å². The van der Waals surface area contributed by atoms with Crippen LogP contribution in [0.15, 0.2) is 36.4 Å². The number of nitrogens with zero attached hydrogens (tertiary/aromatic N) is 2. The van der Waals surface area contributed by atoms with Gasteiger partial charge in [-0.1, -0.05) is 6.07 Å². The van der Waals surface area contributed by atoms with Crippen molar-refractivity contribution < 1.29 is 17.9 Å². The summed E-state index contributed by atoms with van der Waals surface area (Å²) in [7, 11) is -0.724. The fourth-order valence-electron chi connectivity index (χ4n) is 4.89. The molecule has 8 heteroatoms. The summed E-state index contributed by atoms with van der Waals surface area (Å²) < 4.78 is 36.4. The summed E-state index contributed by atoms with van der Waals surface area (Å²) in [5, 5.41) is 4.79. The van der Waals surface area contributed by atoms with Crippen LogP contribution in [0.2, 0.25) is 0 Å². The molecule has 0 saturated carbocycles. The van der Waals surface area contributed by atoms with Gasteiger partial charge >= 0.3 is 0 Å². The van der Waals surface area contributed by atoms with Crippen LogP contribution in [-0.2, 0) is 29.9 Å². The molecule has 0 atom stereocenters. The van der Waals surface area contributed by atoms with E-state index in [9.17, 15) is 8.42 Å². The molecule has 0 unspecified atom stereocenters. The Morgan fingerprint density at radius 2 is 1.76 bits per heavy atom. The smallest absolute Gasteiger partial charge is 0.163 e. The van der Waals surface area contributed by atoms with E-state index in [-0.39, 0.29) is 5.75 Å². The maximum atomic E-state index is 11.4. The van der Waals surface area contributed by atoms with Crippen LogP contribution in [0.4, 0.5) is 11.4 Å². The van der Waals surface area contributed by atoms with Crippen molar-refractivity contribution in [2.75, 3.05) is 43.6 Å². The Balaban J connectivity index is 1.31. The maximum Gasteiger partial charge on any atom is 0.163 e. The lowest BCUT2D eigenvalue weighted by Crippen LogP contribution is -2.31. The Bertz CT molecular complexity index is 1280. The minimum atomic E-state index is -2.87. The van der Waals surface area contributed by atoms with E-state index in [4.69, 9.17) is 9.47 Å². The van der Waals surface area contributed by atoms with Crippen LogP contribution in [0.5, 0.6) is 11.5 Å². The summed E-state index contributed by atoms with van der Waals surface area (Å²) in [6.07, 6.45) is 3.97. The third kappa shape index (κ3) is 4.82. The second kappa shape index (κ2) is 8.91. The number of sulfone groups is 1. The number of ether oxygens (including phenoxy) is 2. The first kappa shape index (κ1) is 22.1. The number of fused-ring (bicyclic) bond motifs is 4. The standard InChI is InChI=1S/C25H31N3O4S/c1-27-22-9-11-28(10-3-4-14-33(2,29)30)17-21(22)20-7-5-18(15-23(20)27)26-19-6-8-24-25(16-19)32-13-12-31-24/h5-8,15-16,26H,3-4,9-14,17H2,1-2H3. The normalized spacial score (nSPS) is 16.1. The van der Waals surface area contributed by atoms with Gasteiger partial charge in [0, 0.05) is 67.1 Å². The molecule has 33 heavy (non-hydrogen) atoms. The molecular weight excluding hydrogens is 438 g/mol. The zero-order chi connectivity index (χ0) is 23.0. The van der Waals surface area contributed by atoms with Gasteiger partial charge in [0.2, 0.25) is 0 Å². The van der Waals surface area contributed by atoms with Crippen molar-refractivity contribution in [2.24, 2.45) is 7.05 Å². The topological polar surface area (TPSA) is 72.8 Å². The van der Waals surface area contributed by atoms with E-state index >= 15 is 0 Å². The first-order chi connectivity index (χ1) is 15.9. The second-order valence-corrected chi connectivity index (χ2v) is 11.3. The van der Waals surface area contributed by atoms with Crippen LogP contribution >= 0.6 is 0 Å². The van der Waals surface area contributed by atoms with Crippen molar-refractivity contribution in [1.29, 1.82) is 0 Å². The van der Waals surface area contributed by atoms with Gasteiger partial charge in [-0.15, -0.1) is 0 Å². The molecule has 2 aromatic carbocycles. The van der Waals surface area contributed by atoms with Crippen molar-refractivity contribution in [3.8, 4) is 11.5 Å². The van der Waals surface area contributed by atoms with Gasteiger partial charge in [0.05, 0.1) is 5.52 Å². The number of nitrogens with one attached hydrogen (secondary N) is 1. The summed E-state index contributed by atoms with van der Waals surface area (Å²) in [6, 6.07) is 12.5. The summed E-state index contributed by atoms with van der Waals surface area (Å²) in [5.74, 6) is 1.84.